The van der Waals surface area contributed by atoms with Crippen LogP contribution in [0.5, 0.6) is 5.75 Å². The summed E-state index contributed by atoms with van der Waals surface area (Å²) in [5.41, 5.74) is 1.40. The maximum absolute atomic E-state index is 5.80. The van der Waals surface area contributed by atoms with Gasteiger partial charge in [0.15, 0.2) is 0 Å². The van der Waals surface area contributed by atoms with Gasteiger partial charge in [0.2, 0.25) is 0 Å². The Morgan fingerprint density at radius 3 is 2.50 bits per heavy atom. The van der Waals surface area contributed by atoms with Gasteiger partial charge in [0.1, 0.15) is 5.75 Å². The molecule has 0 aliphatic rings. The molecule has 0 spiro atoms. The summed E-state index contributed by atoms with van der Waals surface area (Å²) >= 11 is 0. The predicted octanol–water partition coefficient (Wildman–Crippen LogP) is 4.52. The van der Waals surface area contributed by atoms with Gasteiger partial charge in [-0.3, -0.25) is 0 Å². The highest BCUT2D eigenvalue weighted by Gasteiger charge is 2.16. The fraction of sp³-hybridized carbons (Fsp3) is 0.444. The summed E-state index contributed by atoms with van der Waals surface area (Å²) in [5.74, 6) is 0.991. The zero-order valence-electron chi connectivity index (χ0n) is 13.0. The lowest BCUT2D eigenvalue weighted by atomic mass is 9.99. The molecular weight excluding hydrogens is 246 g/mol. The molecule has 0 unspecified atom stereocenters. The van der Waals surface area contributed by atoms with Gasteiger partial charge in [-0.05, 0) is 44.0 Å². The summed E-state index contributed by atoms with van der Waals surface area (Å²) in [6, 6.07) is 12.7. The third-order valence-corrected chi connectivity index (χ3v) is 3.93. The van der Waals surface area contributed by atoms with Crippen molar-refractivity contribution < 1.29 is 4.74 Å². The summed E-state index contributed by atoms with van der Waals surface area (Å²) in [4.78, 5) is 0. The Balaban J connectivity index is 2.39. The van der Waals surface area contributed by atoms with E-state index in [9.17, 15) is 0 Å². The van der Waals surface area contributed by atoms with E-state index >= 15 is 0 Å². The molecule has 0 saturated carbocycles. The lowest BCUT2D eigenvalue weighted by molar-refractivity contribution is 0.329. The summed E-state index contributed by atoms with van der Waals surface area (Å²) < 4.78 is 5.80. The van der Waals surface area contributed by atoms with Gasteiger partial charge in [-0.1, -0.05) is 37.3 Å². The average Bonchev–Trinajstić information content (AvgIpc) is 2.46. The molecule has 0 heterocycles. The SMILES string of the molecule is CCOc1ccc2ccccc2c1CNC(C)(C)CC. The molecule has 0 amide bonds. The molecule has 2 rings (SSSR count). The van der Waals surface area contributed by atoms with Crippen LogP contribution in [-0.4, -0.2) is 12.1 Å². The van der Waals surface area contributed by atoms with Gasteiger partial charge in [-0.2, -0.15) is 0 Å². The molecule has 2 aromatic carbocycles. The highest BCUT2D eigenvalue weighted by molar-refractivity contribution is 5.87. The third kappa shape index (κ3) is 3.31. The third-order valence-electron chi connectivity index (χ3n) is 3.93. The molecule has 20 heavy (non-hydrogen) atoms. The van der Waals surface area contributed by atoms with Crippen LogP contribution in [0.3, 0.4) is 0 Å². The Morgan fingerprint density at radius 2 is 1.80 bits per heavy atom. The highest BCUT2D eigenvalue weighted by atomic mass is 16.5. The zero-order valence-corrected chi connectivity index (χ0v) is 13.0. The Kier molecular flexibility index (Phi) is 4.66. The quantitative estimate of drug-likeness (QED) is 0.834. The van der Waals surface area contributed by atoms with Gasteiger partial charge in [0.25, 0.3) is 0 Å². The first-order valence-corrected chi connectivity index (χ1v) is 7.46. The van der Waals surface area contributed by atoms with Crippen molar-refractivity contribution in [3.63, 3.8) is 0 Å². The largest absolute Gasteiger partial charge is 0.494 e. The van der Waals surface area contributed by atoms with Crippen LogP contribution in [0, 0.1) is 0 Å². The normalized spacial score (nSPS) is 11.8. The summed E-state index contributed by atoms with van der Waals surface area (Å²) in [6.07, 6.45) is 1.10. The topological polar surface area (TPSA) is 21.3 Å². The smallest absolute Gasteiger partial charge is 0.124 e. The molecule has 0 aliphatic heterocycles. The van der Waals surface area contributed by atoms with E-state index in [2.05, 4.69) is 62.5 Å². The van der Waals surface area contributed by atoms with E-state index < -0.39 is 0 Å². The van der Waals surface area contributed by atoms with Crippen molar-refractivity contribution in [2.24, 2.45) is 0 Å². The number of ether oxygens (including phenoxy) is 1. The predicted molar refractivity (Wildman–Crippen MR) is 86.3 cm³/mol. The van der Waals surface area contributed by atoms with Crippen LogP contribution >= 0.6 is 0 Å². The molecule has 0 radical (unpaired) electrons. The van der Waals surface area contributed by atoms with Crippen molar-refractivity contribution in [3.05, 3.63) is 42.0 Å². The zero-order chi connectivity index (χ0) is 14.6. The Morgan fingerprint density at radius 1 is 1.05 bits per heavy atom. The molecule has 2 nitrogen and oxygen atoms in total. The van der Waals surface area contributed by atoms with Crippen molar-refractivity contribution >= 4 is 10.8 Å². The molecule has 0 fully saturated rings. The molecular formula is C18H25NO. The number of nitrogens with one attached hydrogen (secondary N) is 1. The van der Waals surface area contributed by atoms with Crippen LogP contribution in [0.1, 0.15) is 39.7 Å². The Hall–Kier alpha value is -1.54. The van der Waals surface area contributed by atoms with E-state index in [0.29, 0.717) is 6.61 Å². The van der Waals surface area contributed by atoms with Crippen molar-refractivity contribution in [1.29, 1.82) is 0 Å². The summed E-state index contributed by atoms with van der Waals surface area (Å²) in [6.45, 7) is 10.2. The second kappa shape index (κ2) is 6.27. The van der Waals surface area contributed by atoms with Gasteiger partial charge >= 0.3 is 0 Å². The number of hydrogen-bond acceptors (Lipinski definition) is 2. The van der Waals surface area contributed by atoms with E-state index in [4.69, 9.17) is 4.74 Å². The minimum atomic E-state index is 0.139. The van der Waals surface area contributed by atoms with Gasteiger partial charge in [-0.15, -0.1) is 0 Å². The molecule has 0 atom stereocenters. The first kappa shape index (κ1) is 14.9. The van der Waals surface area contributed by atoms with Crippen LogP contribution in [0.4, 0.5) is 0 Å². The van der Waals surface area contributed by atoms with E-state index in [-0.39, 0.29) is 5.54 Å². The maximum Gasteiger partial charge on any atom is 0.124 e. The molecule has 1 N–H and O–H groups in total. The van der Waals surface area contributed by atoms with Crippen molar-refractivity contribution in [3.8, 4) is 5.75 Å². The van der Waals surface area contributed by atoms with Crippen LogP contribution in [0.2, 0.25) is 0 Å². The first-order chi connectivity index (χ1) is 9.57. The van der Waals surface area contributed by atoms with E-state index in [1.807, 2.05) is 6.92 Å². The Labute approximate surface area is 122 Å². The first-order valence-electron chi connectivity index (χ1n) is 7.46. The van der Waals surface area contributed by atoms with E-state index in [1.54, 1.807) is 0 Å². The minimum Gasteiger partial charge on any atom is -0.494 e. The van der Waals surface area contributed by atoms with Crippen LogP contribution in [0.15, 0.2) is 36.4 Å². The van der Waals surface area contributed by atoms with Crippen molar-refractivity contribution in [2.75, 3.05) is 6.61 Å². The number of fused-ring (bicyclic) bond motifs is 1. The van der Waals surface area contributed by atoms with Gasteiger partial charge < -0.3 is 10.1 Å². The molecule has 0 aliphatic carbocycles. The number of benzene rings is 2. The fourth-order valence-electron chi connectivity index (χ4n) is 2.24. The molecule has 2 heteroatoms. The van der Waals surface area contributed by atoms with Crippen LogP contribution in [0.25, 0.3) is 10.8 Å². The molecule has 0 bridgehead atoms. The molecule has 108 valence electrons. The minimum absolute atomic E-state index is 0.139. The number of hydrogen-bond donors (Lipinski definition) is 1. The standard InChI is InChI=1S/C18H25NO/c1-5-18(3,4)19-13-16-15-10-8-7-9-14(15)11-12-17(16)20-6-2/h7-12,19H,5-6,13H2,1-4H3. The van der Waals surface area contributed by atoms with Crippen LogP contribution in [-0.2, 0) is 6.54 Å². The molecule has 2 aromatic rings. The average molecular weight is 271 g/mol. The Bertz CT molecular complexity index is 575. The van der Waals surface area contributed by atoms with Crippen LogP contribution < -0.4 is 10.1 Å². The van der Waals surface area contributed by atoms with E-state index in [1.165, 1.54) is 16.3 Å². The number of rotatable bonds is 6. The fourth-order valence-corrected chi connectivity index (χ4v) is 2.24. The second-order valence-electron chi connectivity index (χ2n) is 5.79. The monoisotopic (exact) mass is 271 g/mol. The van der Waals surface area contributed by atoms with Gasteiger partial charge in [0.05, 0.1) is 6.61 Å². The van der Waals surface area contributed by atoms with Crippen molar-refractivity contribution in [1.82, 2.24) is 5.32 Å². The summed E-state index contributed by atoms with van der Waals surface area (Å²) in [7, 11) is 0. The van der Waals surface area contributed by atoms with E-state index in [0.717, 1.165) is 18.7 Å². The molecule has 0 aromatic heterocycles. The lowest BCUT2D eigenvalue weighted by Gasteiger charge is -2.25. The summed E-state index contributed by atoms with van der Waals surface area (Å²) in [5, 5.41) is 6.18. The van der Waals surface area contributed by atoms with Gasteiger partial charge in [0, 0.05) is 17.6 Å². The van der Waals surface area contributed by atoms with Crippen molar-refractivity contribution in [2.45, 2.75) is 46.2 Å². The lowest BCUT2D eigenvalue weighted by Crippen LogP contribution is -2.37. The maximum atomic E-state index is 5.80. The molecule has 0 saturated heterocycles. The second-order valence-corrected chi connectivity index (χ2v) is 5.79. The van der Waals surface area contributed by atoms with Gasteiger partial charge in [-0.25, -0.2) is 0 Å². The highest BCUT2D eigenvalue weighted by Crippen LogP contribution is 2.28.